The number of hydrogen-bond donors (Lipinski definition) is 3. The summed E-state index contributed by atoms with van der Waals surface area (Å²) in [5.41, 5.74) is -0.526. The van der Waals surface area contributed by atoms with Crippen molar-refractivity contribution in [2.24, 2.45) is 12.0 Å². The first kappa shape index (κ1) is 24.9. The molecule has 11 heteroatoms. The lowest BCUT2D eigenvalue weighted by atomic mass is 10.0. The highest BCUT2D eigenvalue weighted by molar-refractivity contribution is 14.0. The van der Waals surface area contributed by atoms with Crippen LogP contribution in [0.2, 0.25) is 0 Å². The first-order chi connectivity index (χ1) is 11.6. The van der Waals surface area contributed by atoms with E-state index in [1.54, 1.807) is 31.0 Å². The highest BCUT2D eigenvalue weighted by Gasteiger charge is 2.27. The number of ether oxygens (including phenoxy) is 1. The van der Waals surface area contributed by atoms with Gasteiger partial charge in [-0.25, -0.2) is 4.99 Å². The second-order valence-corrected chi connectivity index (χ2v) is 5.82. The Morgan fingerprint density at radius 1 is 1.38 bits per heavy atom. The maximum absolute atomic E-state index is 11.9. The molecule has 7 nitrogen and oxygen atoms in total. The Hall–Kier alpha value is -1.08. The summed E-state index contributed by atoms with van der Waals surface area (Å²) in [4.78, 5) is 4.31. The van der Waals surface area contributed by atoms with Crippen molar-refractivity contribution in [2.45, 2.75) is 32.0 Å². The summed E-state index contributed by atoms with van der Waals surface area (Å²) in [7, 11) is 1.76. The highest BCUT2D eigenvalue weighted by Crippen LogP contribution is 2.19. The molecule has 0 aliphatic carbocycles. The molecule has 1 atom stereocenters. The zero-order chi connectivity index (χ0) is 18.9. The van der Waals surface area contributed by atoms with Crippen LogP contribution in [-0.2, 0) is 17.4 Å². The van der Waals surface area contributed by atoms with Gasteiger partial charge in [-0.15, -0.1) is 24.0 Å². The van der Waals surface area contributed by atoms with Gasteiger partial charge in [0.05, 0.1) is 12.7 Å². The first-order valence-corrected chi connectivity index (χ1v) is 8.02. The molecule has 1 unspecified atom stereocenters. The smallest absolute Gasteiger partial charge is 0.383 e. The van der Waals surface area contributed by atoms with Crippen LogP contribution < -0.4 is 10.6 Å². The molecule has 0 fully saturated rings. The minimum absolute atomic E-state index is 0. The molecule has 1 aromatic heterocycles. The maximum atomic E-state index is 11.9. The number of nitrogens with zero attached hydrogens (tertiary/aromatic N) is 3. The molecule has 1 rings (SSSR count). The van der Waals surface area contributed by atoms with Crippen molar-refractivity contribution in [1.82, 2.24) is 20.4 Å². The lowest BCUT2D eigenvalue weighted by molar-refractivity contribution is -0.173. The number of alkyl halides is 3. The fourth-order valence-electron chi connectivity index (χ4n) is 1.93. The van der Waals surface area contributed by atoms with Crippen LogP contribution in [-0.4, -0.2) is 59.9 Å². The number of aromatic nitrogens is 2. The Morgan fingerprint density at radius 2 is 2.08 bits per heavy atom. The van der Waals surface area contributed by atoms with E-state index in [4.69, 9.17) is 0 Å². The van der Waals surface area contributed by atoms with Crippen molar-refractivity contribution in [3.8, 4) is 0 Å². The van der Waals surface area contributed by atoms with Gasteiger partial charge in [-0.1, -0.05) is 0 Å². The molecule has 0 saturated carbocycles. The molecule has 0 saturated heterocycles. The Labute approximate surface area is 168 Å². The minimum atomic E-state index is -4.30. The first-order valence-electron chi connectivity index (χ1n) is 8.02. The second-order valence-electron chi connectivity index (χ2n) is 5.82. The summed E-state index contributed by atoms with van der Waals surface area (Å²) in [6.07, 6.45) is -0.608. The molecule has 0 bridgehead atoms. The van der Waals surface area contributed by atoms with Gasteiger partial charge in [0, 0.05) is 38.5 Å². The Kier molecular flexibility index (Phi) is 11.1. The van der Waals surface area contributed by atoms with Gasteiger partial charge in [-0.2, -0.15) is 18.3 Å². The molecule has 152 valence electrons. The summed E-state index contributed by atoms with van der Waals surface area (Å²) < 4.78 is 42.0. The zero-order valence-corrected chi connectivity index (χ0v) is 17.5. The number of halogens is 4. The summed E-state index contributed by atoms with van der Waals surface area (Å²) in [5.74, 6) is 0.475. The molecule has 0 aliphatic rings. The van der Waals surface area contributed by atoms with Gasteiger partial charge >= 0.3 is 6.18 Å². The quantitative estimate of drug-likeness (QED) is 0.212. The third-order valence-electron chi connectivity index (χ3n) is 3.24. The van der Waals surface area contributed by atoms with Gasteiger partial charge in [-0.05, 0) is 20.3 Å². The zero-order valence-electron chi connectivity index (χ0n) is 15.1. The van der Waals surface area contributed by atoms with Crippen molar-refractivity contribution in [3.05, 3.63) is 18.0 Å². The molecule has 3 N–H and O–H groups in total. The summed E-state index contributed by atoms with van der Waals surface area (Å²) in [6, 6.07) is 0. The number of aryl methyl sites for hydroxylation is 1. The average molecular weight is 493 g/mol. The fraction of sp³-hybridized carbons (Fsp3) is 0.733. The van der Waals surface area contributed by atoms with E-state index < -0.39 is 18.4 Å². The number of hydrogen-bond acceptors (Lipinski definition) is 4. The van der Waals surface area contributed by atoms with Crippen LogP contribution in [0, 0.1) is 0 Å². The lowest BCUT2D eigenvalue weighted by Crippen LogP contribution is -2.39. The van der Waals surface area contributed by atoms with E-state index in [1.165, 1.54) is 0 Å². The van der Waals surface area contributed by atoms with Crippen molar-refractivity contribution < 1.29 is 23.0 Å². The normalized spacial score (nSPS) is 14.5. The van der Waals surface area contributed by atoms with Crippen LogP contribution in [0.3, 0.4) is 0 Å². The van der Waals surface area contributed by atoms with Crippen LogP contribution in [0.1, 0.15) is 25.8 Å². The summed E-state index contributed by atoms with van der Waals surface area (Å²) in [6.45, 7) is 3.42. The fourth-order valence-corrected chi connectivity index (χ4v) is 1.93. The summed E-state index contributed by atoms with van der Waals surface area (Å²) >= 11 is 0. The van der Waals surface area contributed by atoms with E-state index in [0.29, 0.717) is 31.0 Å². The van der Waals surface area contributed by atoms with Gasteiger partial charge in [0.15, 0.2) is 5.96 Å². The topological polar surface area (TPSA) is 83.7 Å². The SMILES string of the molecule is CCNC(=NCC(C)(O)c1cnn(C)c1)NCCCOCC(F)(F)F.I. The van der Waals surface area contributed by atoms with Gasteiger partial charge in [-0.3, -0.25) is 4.68 Å². The van der Waals surface area contributed by atoms with E-state index >= 15 is 0 Å². The van der Waals surface area contributed by atoms with Crippen molar-refractivity contribution in [1.29, 1.82) is 0 Å². The third-order valence-corrected chi connectivity index (χ3v) is 3.24. The van der Waals surface area contributed by atoms with Gasteiger partial charge in [0.1, 0.15) is 12.2 Å². The number of aliphatic hydroxyl groups is 1. The Morgan fingerprint density at radius 3 is 2.62 bits per heavy atom. The molecule has 1 heterocycles. The number of aliphatic imine (C=N–C) groups is 1. The largest absolute Gasteiger partial charge is 0.411 e. The predicted octanol–water partition coefficient (Wildman–Crippen LogP) is 1.77. The molecule has 0 radical (unpaired) electrons. The summed E-state index contributed by atoms with van der Waals surface area (Å²) in [5, 5.41) is 20.5. The standard InChI is InChI=1S/C15H26F3N5O2.HI/c1-4-19-13(20-6-5-7-25-11-15(16,17)18)21-10-14(2,24)12-8-22-23(3)9-12;/h8-9,24H,4-7,10-11H2,1-3H3,(H2,19,20,21);1H. The second kappa shape index (κ2) is 11.6. The number of nitrogens with one attached hydrogen (secondary N) is 2. The molecular formula is C15H27F3IN5O2. The highest BCUT2D eigenvalue weighted by atomic mass is 127. The minimum Gasteiger partial charge on any atom is -0.383 e. The molecule has 0 spiro atoms. The van der Waals surface area contributed by atoms with E-state index in [9.17, 15) is 18.3 Å². The lowest BCUT2D eigenvalue weighted by Gasteiger charge is -2.20. The third kappa shape index (κ3) is 10.2. The molecule has 0 aliphatic heterocycles. The van der Waals surface area contributed by atoms with Gasteiger partial charge in [0.25, 0.3) is 0 Å². The predicted molar refractivity (Wildman–Crippen MR) is 104 cm³/mol. The van der Waals surface area contributed by atoms with E-state index in [-0.39, 0.29) is 37.1 Å². The van der Waals surface area contributed by atoms with Crippen LogP contribution in [0.4, 0.5) is 13.2 Å². The van der Waals surface area contributed by atoms with Gasteiger partial charge < -0.3 is 20.5 Å². The van der Waals surface area contributed by atoms with E-state index in [1.807, 2.05) is 6.92 Å². The van der Waals surface area contributed by atoms with Crippen molar-refractivity contribution in [2.75, 3.05) is 32.8 Å². The number of rotatable bonds is 9. The molecule has 0 aromatic carbocycles. The molecule has 0 amide bonds. The van der Waals surface area contributed by atoms with Crippen LogP contribution in [0.5, 0.6) is 0 Å². The number of guanidine groups is 1. The van der Waals surface area contributed by atoms with E-state index in [0.717, 1.165) is 0 Å². The van der Waals surface area contributed by atoms with Crippen LogP contribution >= 0.6 is 24.0 Å². The van der Waals surface area contributed by atoms with Crippen LogP contribution in [0.15, 0.2) is 17.4 Å². The average Bonchev–Trinajstić information content (AvgIpc) is 2.94. The molecular weight excluding hydrogens is 466 g/mol. The molecule has 26 heavy (non-hydrogen) atoms. The van der Waals surface area contributed by atoms with Gasteiger partial charge in [0.2, 0.25) is 0 Å². The van der Waals surface area contributed by atoms with Crippen molar-refractivity contribution in [3.63, 3.8) is 0 Å². The maximum Gasteiger partial charge on any atom is 0.411 e. The molecule has 1 aromatic rings. The Bertz CT molecular complexity index is 550. The monoisotopic (exact) mass is 493 g/mol. The van der Waals surface area contributed by atoms with Crippen molar-refractivity contribution >= 4 is 29.9 Å². The van der Waals surface area contributed by atoms with Crippen LogP contribution in [0.25, 0.3) is 0 Å². The Balaban J connectivity index is 0.00000625. The van der Waals surface area contributed by atoms with E-state index in [2.05, 4.69) is 25.5 Å².